The van der Waals surface area contributed by atoms with Gasteiger partial charge in [-0.05, 0) is 57.1 Å². The predicted octanol–water partition coefficient (Wildman–Crippen LogP) is 12.9. The van der Waals surface area contributed by atoms with Crippen LogP contribution in [0.3, 0.4) is 0 Å². The summed E-state index contributed by atoms with van der Waals surface area (Å²) in [7, 11) is -11.6. The Kier molecular flexibility index (Phi) is 8.77. The van der Waals surface area contributed by atoms with Crippen LogP contribution in [0.5, 0.6) is 0 Å². The van der Waals surface area contributed by atoms with Crippen LogP contribution in [-0.4, -0.2) is 18.5 Å². The van der Waals surface area contributed by atoms with Gasteiger partial charge in [0.15, 0.2) is 0 Å². The van der Waals surface area contributed by atoms with E-state index in [2.05, 4.69) is 75.4 Å². The van der Waals surface area contributed by atoms with Crippen molar-refractivity contribution in [3.8, 4) is 0 Å². The molecule has 4 aromatic rings. The van der Waals surface area contributed by atoms with Crippen LogP contribution in [0.25, 0.3) is 32.3 Å². The SMILES string of the molecule is CCCC[P+](CCCC)(CCCC)Cc1ccc2ccc3cccc4ccc1c2c34.F[P-](F)(F)(F)(F)F. The van der Waals surface area contributed by atoms with Gasteiger partial charge < -0.3 is 0 Å². The van der Waals surface area contributed by atoms with E-state index in [1.807, 2.05) is 0 Å². The first kappa shape index (κ1) is 29.9. The summed E-state index contributed by atoms with van der Waals surface area (Å²) >= 11 is 0. The van der Waals surface area contributed by atoms with Gasteiger partial charge in [0.25, 0.3) is 0 Å². The molecule has 206 valence electrons. The fourth-order valence-corrected chi connectivity index (χ4v) is 10.5. The molecule has 0 aliphatic rings. The van der Waals surface area contributed by atoms with E-state index in [1.165, 1.54) is 95.5 Å². The first-order chi connectivity index (χ1) is 17.2. The molecule has 0 heterocycles. The van der Waals surface area contributed by atoms with Crippen LogP contribution >= 0.6 is 15.1 Å². The van der Waals surface area contributed by atoms with Crippen molar-refractivity contribution < 1.29 is 25.2 Å². The zero-order valence-corrected chi connectivity index (χ0v) is 23.7. The Balaban J connectivity index is 0.000000479. The van der Waals surface area contributed by atoms with Crippen LogP contribution < -0.4 is 0 Å². The molecular weight excluding hydrogens is 524 g/mol. The number of halogens is 6. The minimum absolute atomic E-state index is 0.959. The minimum atomic E-state index is -10.7. The van der Waals surface area contributed by atoms with E-state index in [0.717, 1.165) is 0 Å². The van der Waals surface area contributed by atoms with E-state index in [4.69, 9.17) is 0 Å². The van der Waals surface area contributed by atoms with Gasteiger partial charge in [0, 0.05) is 7.26 Å². The zero-order valence-electron chi connectivity index (χ0n) is 21.9. The fourth-order valence-electron chi connectivity index (χ4n) is 5.35. The quantitative estimate of drug-likeness (QED) is 0.0969. The molecule has 37 heavy (non-hydrogen) atoms. The summed E-state index contributed by atoms with van der Waals surface area (Å²) < 4.78 is 59.2. The maximum absolute atomic E-state index is 10.7. The summed E-state index contributed by atoms with van der Waals surface area (Å²) in [6, 6.07) is 21.0. The second-order valence-electron chi connectivity index (χ2n) is 10.3. The number of unbranched alkanes of at least 4 members (excludes halogenated alkanes) is 3. The van der Waals surface area contributed by atoms with Crippen molar-refractivity contribution in [1.82, 2.24) is 0 Å². The Labute approximate surface area is 216 Å². The number of rotatable bonds is 11. The van der Waals surface area contributed by atoms with Crippen molar-refractivity contribution in [3.05, 3.63) is 60.2 Å². The van der Waals surface area contributed by atoms with Crippen molar-refractivity contribution in [2.75, 3.05) is 18.5 Å². The van der Waals surface area contributed by atoms with Crippen LogP contribution in [0.2, 0.25) is 0 Å². The summed E-state index contributed by atoms with van der Waals surface area (Å²) in [4.78, 5) is 0. The molecular formula is C29H38F6P2. The average Bonchev–Trinajstić information content (AvgIpc) is 2.82. The molecule has 0 radical (unpaired) electrons. The second kappa shape index (κ2) is 10.9. The molecule has 0 saturated carbocycles. The van der Waals surface area contributed by atoms with E-state index in [1.54, 1.807) is 5.56 Å². The monoisotopic (exact) mass is 562 g/mol. The number of benzene rings is 4. The fraction of sp³-hybridized carbons (Fsp3) is 0.448. The molecule has 0 aromatic heterocycles. The normalized spacial score (nSPS) is 14.5. The van der Waals surface area contributed by atoms with Crippen molar-refractivity contribution in [2.24, 2.45) is 0 Å². The van der Waals surface area contributed by atoms with Crippen molar-refractivity contribution in [2.45, 2.75) is 65.5 Å². The summed E-state index contributed by atoms with van der Waals surface area (Å²) in [6.07, 6.45) is 14.0. The van der Waals surface area contributed by atoms with Crippen molar-refractivity contribution in [3.63, 3.8) is 0 Å². The number of hydrogen-bond acceptors (Lipinski definition) is 0. The molecule has 0 N–H and O–H groups in total. The summed E-state index contributed by atoms with van der Waals surface area (Å²) in [5.74, 6) is 0. The molecule has 0 amide bonds. The molecule has 0 aliphatic heterocycles. The Morgan fingerprint density at radius 1 is 0.568 bits per heavy atom. The second-order valence-corrected chi connectivity index (χ2v) is 16.5. The van der Waals surface area contributed by atoms with Crippen LogP contribution in [0.1, 0.15) is 64.9 Å². The van der Waals surface area contributed by atoms with E-state index in [9.17, 15) is 25.2 Å². The molecule has 0 saturated heterocycles. The first-order valence-corrected chi connectivity index (χ1v) is 17.8. The molecule has 0 unspecified atom stereocenters. The van der Waals surface area contributed by atoms with Crippen LogP contribution in [0.4, 0.5) is 25.2 Å². The molecule has 0 spiro atoms. The van der Waals surface area contributed by atoms with E-state index < -0.39 is 15.1 Å². The third-order valence-electron chi connectivity index (χ3n) is 7.08. The molecule has 0 atom stereocenters. The Hall–Kier alpha value is -1.64. The van der Waals surface area contributed by atoms with Gasteiger partial charge in [-0.2, -0.15) is 0 Å². The van der Waals surface area contributed by atoms with Gasteiger partial charge in [-0.15, -0.1) is 0 Å². The maximum atomic E-state index is 9.87. The molecule has 4 rings (SSSR count). The molecule has 4 aromatic carbocycles. The molecule has 0 nitrogen and oxygen atoms in total. The van der Waals surface area contributed by atoms with Gasteiger partial charge in [-0.25, -0.2) is 0 Å². The van der Waals surface area contributed by atoms with Crippen molar-refractivity contribution >= 4 is 47.4 Å². The third-order valence-corrected chi connectivity index (χ3v) is 11.9. The first-order valence-electron chi connectivity index (χ1n) is 13.2. The summed E-state index contributed by atoms with van der Waals surface area (Å²) in [5.41, 5.74) is 1.62. The summed E-state index contributed by atoms with van der Waals surface area (Å²) in [5, 5.41) is 8.65. The molecule has 8 heteroatoms. The Morgan fingerprint density at radius 2 is 0.973 bits per heavy atom. The van der Waals surface area contributed by atoms with Crippen LogP contribution in [0.15, 0.2) is 54.6 Å². The predicted molar refractivity (Wildman–Crippen MR) is 154 cm³/mol. The van der Waals surface area contributed by atoms with Gasteiger partial charge in [-0.1, -0.05) is 94.6 Å². The average molecular weight is 563 g/mol. The van der Waals surface area contributed by atoms with Crippen LogP contribution in [-0.2, 0) is 6.16 Å². The van der Waals surface area contributed by atoms with E-state index in [-0.39, 0.29) is 0 Å². The Bertz CT molecular complexity index is 1270. The molecule has 0 aliphatic carbocycles. The standard InChI is InChI=1S/C29H38P.F6P/c1-4-7-19-30(20-8-5-2,21-9-6-3)22-26-16-15-25-14-13-23-11-10-12-24-17-18-27(26)29(25)28(23)24;1-7(2,3,4,5)6/h10-18H,4-9,19-22H2,1-3H3;/q+1;-1. The molecule has 0 bridgehead atoms. The number of hydrogen-bond donors (Lipinski definition) is 0. The van der Waals surface area contributed by atoms with Gasteiger partial charge in [-0.3, -0.25) is 0 Å². The van der Waals surface area contributed by atoms with E-state index in [0.29, 0.717) is 0 Å². The van der Waals surface area contributed by atoms with Crippen LogP contribution in [0, 0.1) is 0 Å². The van der Waals surface area contributed by atoms with Gasteiger partial charge >= 0.3 is 33.0 Å². The summed E-state index contributed by atoms with van der Waals surface area (Å²) in [6.45, 7) is 7.10. The topological polar surface area (TPSA) is 0 Å². The Morgan fingerprint density at radius 3 is 1.43 bits per heavy atom. The van der Waals surface area contributed by atoms with Crippen molar-refractivity contribution in [1.29, 1.82) is 0 Å². The third kappa shape index (κ3) is 8.96. The molecule has 0 fully saturated rings. The zero-order chi connectivity index (χ0) is 27.4. The van der Waals surface area contributed by atoms with Gasteiger partial charge in [0.1, 0.15) is 0 Å². The van der Waals surface area contributed by atoms with Gasteiger partial charge in [0.2, 0.25) is 0 Å². The van der Waals surface area contributed by atoms with Gasteiger partial charge in [0.05, 0.1) is 24.6 Å². The van der Waals surface area contributed by atoms with E-state index >= 15 is 0 Å².